The zero-order valence-corrected chi connectivity index (χ0v) is 12.8. The summed E-state index contributed by atoms with van der Waals surface area (Å²) >= 11 is 0. The molecule has 0 amide bonds. The first kappa shape index (κ1) is 15.2. The molecule has 1 aliphatic rings. The molecule has 3 heteroatoms. The quantitative estimate of drug-likeness (QED) is 0.881. The molecule has 0 saturated heterocycles. The van der Waals surface area contributed by atoms with Gasteiger partial charge < -0.3 is 14.6 Å². The van der Waals surface area contributed by atoms with Crippen LogP contribution in [-0.4, -0.2) is 18.3 Å². The summed E-state index contributed by atoms with van der Waals surface area (Å²) in [7, 11) is 1.65. The van der Waals surface area contributed by atoms with Crippen molar-refractivity contribution in [1.82, 2.24) is 0 Å². The topological polar surface area (TPSA) is 38.7 Å². The third kappa shape index (κ3) is 3.66. The van der Waals surface area contributed by atoms with Gasteiger partial charge in [-0.1, -0.05) is 19.8 Å². The second-order valence-electron chi connectivity index (χ2n) is 5.76. The molecule has 1 N–H and O–H groups in total. The summed E-state index contributed by atoms with van der Waals surface area (Å²) in [5.74, 6) is 2.31. The monoisotopic (exact) mass is 278 g/mol. The van der Waals surface area contributed by atoms with Crippen molar-refractivity contribution in [3.8, 4) is 11.5 Å². The molecule has 1 saturated carbocycles. The Balaban J connectivity index is 2.14. The summed E-state index contributed by atoms with van der Waals surface area (Å²) in [4.78, 5) is 0. The van der Waals surface area contributed by atoms with Crippen LogP contribution in [-0.2, 0) is 0 Å². The molecular formula is C17H26O3. The van der Waals surface area contributed by atoms with Crippen molar-refractivity contribution in [3.63, 3.8) is 0 Å². The predicted molar refractivity (Wildman–Crippen MR) is 80.3 cm³/mol. The molecule has 112 valence electrons. The summed E-state index contributed by atoms with van der Waals surface area (Å²) in [5.41, 5.74) is 0.837. The van der Waals surface area contributed by atoms with Crippen LogP contribution in [0.4, 0.5) is 0 Å². The molecule has 1 aromatic rings. The first-order valence-corrected chi connectivity index (χ1v) is 7.66. The zero-order chi connectivity index (χ0) is 14.5. The summed E-state index contributed by atoms with van der Waals surface area (Å²) in [6.45, 7) is 4.02. The lowest BCUT2D eigenvalue weighted by molar-refractivity contribution is 0.114. The first-order chi connectivity index (χ1) is 9.63. The minimum absolute atomic E-state index is 0.262. The smallest absolute Gasteiger partial charge is 0.129 e. The van der Waals surface area contributed by atoms with Crippen LogP contribution >= 0.6 is 0 Å². The van der Waals surface area contributed by atoms with E-state index in [0.717, 1.165) is 35.8 Å². The highest BCUT2D eigenvalue weighted by Gasteiger charge is 2.23. The zero-order valence-electron chi connectivity index (χ0n) is 12.8. The van der Waals surface area contributed by atoms with E-state index in [4.69, 9.17) is 9.47 Å². The van der Waals surface area contributed by atoms with Gasteiger partial charge in [0.1, 0.15) is 11.5 Å². The van der Waals surface area contributed by atoms with Crippen LogP contribution in [0.2, 0.25) is 0 Å². The highest BCUT2D eigenvalue weighted by Crippen LogP contribution is 2.34. The fraction of sp³-hybridized carbons (Fsp3) is 0.647. The van der Waals surface area contributed by atoms with Gasteiger partial charge >= 0.3 is 0 Å². The lowest BCUT2D eigenvalue weighted by Gasteiger charge is -2.30. The van der Waals surface area contributed by atoms with E-state index in [0.29, 0.717) is 0 Å². The number of ether oxygens (including phenoxy) is 2. The lowest BCUT2D eigenvalue weighted by Crippen LogP contribution is -2.25. The summed E-state index contributed by atoms with van der Waals surface area (Å²) in [5, 5.41) is 9.87. The molecule has 1 fully saturated rings. The Hall–Kier alpha value is -1.22. The van der Waals surface area contributed by atoms with Gasteiger partial charge in [-0.25, -0.2) is 0 Å². The molecule has 0 aromatic heterocycles. The Morgan fingerprint density at radius 1 is 1.35 bits per heavy atom. The fourth-order valence-electron chi connectivity index (χ4n) is 2.99. The maximum absolute atomic E-state index is 9.87. The van der Waals surface area contributed by atoms with E-state index < -0.39 is 6.10 Å². The molecular weight excluding hydrogens is 252 g/mol. The molecule has 0 radical (unpaired) electrons. The van der Waals surface area contributed by atoms with E-state index in [9.17, 15) is 5.11 Å². The van der Waals surface area contributed by atoms with Crippen LogP contribution in [0, 0.1) is 5.92 Å². The summed E-state index contributed by atoms with van der Waals surface area (Å²) < 4.78 is 11.4. The van der Waals surface area contributed by atoms with Crippen molar-refractivity contribution in [1.29, 1.82) is 0 Å². The number of rotatable bonds is 5. The number of aliphatic hydroxyl groups excluding tert-OH is 1. The molecule has 0 heterocycles. The number of aliphatic hydroxyl groups is 1. The second kappa shape index (κ2) is 6.98. The van der Waals surface area contributed by atoms with Crippen LogP contribution in [0.1, 0.15) is 57.6 Å². The van der Waals surface area contributed by atoms with Gasteiger partial charge in [0.2, 0.25) is 0 Å². The molecule has 2 rings (SSSR count). The van der Waals surface area contributed by atoms with Crippen LogP contribution in [0.3, 0.4) is 0 Å². The van der Waals surface area contributed by atoms with Gasteiger partial charge in [0, 0.05) is 11.6 Å². The molecule has 3 atom stereocenters. The second-order valence-corrected chi connectivity index (χ2v) is 5.76. The van der Waals surface area contributed by atoms with E-state index in [1.807, 2.05) is 18.2 Å². The van der Waals surface area contributed by atoms with Gasteiger partial charge in [0.25, 0.3) is 0 Å². The first-order valence-electron chi connectivity index (χ1n) is 7.66. The van der Waals surface area contributed by atoms with Crippen molar-refractivity contribution in [3.05, 3.63) is 23.8 Å². The molecule has 3 nitrogen and oxygen atoms in total. The van der Waals surface area contributed by atoms with Crippen molar-refractivity contribution >= 4 is 0 Å². The van der Waals surface area contributed by atoms with Gasteiger partial charge in [-0.3, -0.25) is 0 Å². The minimum atomic E-state index is -0.526. The Kier molecular flexibility index (Phi) is 5.30. The maximum Gasteiger partial charge on any atom is 0.129 e. The molecule has 0 bridgehead atoms. The van der Waals surface area contributed by atoms with Crippen LogP contribution in [0.25, 0.3) is 0 Å². The molecule has 20 heavy (non-hydrogen) atoms. The third-order valence-electron chi connectivity index (χ3n) is 4.28. The number of methoxy groups -OCH3 is 1. The predicted octanol–water partition coefficient (Wildman–Crippen LogP) is 4.10. The van der Waals surface area contributed by atoms with Gasteiger partial charge in [0.05, 0.1) is 19.3 Å². The minimum Gasteiger partial charge on any atom is -0.497 e. The molecule has 2 unspecified atom stereocenters. The third-order valence-corrected chi connectivity index (χ3v) is 4.28. The molecule has 0 aliphatic heterocycles. The Morgan fingerprint density at radius 2 is 2.15 bits per heavy atom. The Bertz CT molecular complexity index is 428. The number of hydrogen-bond donors (Lipinski definition) is 1. The van der Waals surface area contributed by atoms with Gasteiger partial charge in [-0.2, -0.15) is 0 Å². The van der Waals surface area contributed by atoms with Crippen molar-refractivity contribution in [2.45, 2.75) is 58.2 Å². The number of hydrogen-bond acceptors (Lipinski definition) is 3. The van der Waals surface area contributed by atoms with Gasteiger partial charge in [0.15, 0.2) is 0 Å². The Morgan fingerprint density at radius 3 is 2.80 bits per heavy atom. The van der Waals surface area contributed by atoms with Crippen molar-refractivity contribution in [2.24, 2.45) is 5.92 Å². The van der Waals surface area contributed by atoms with E-state index in [1.165, 1.54) is 19.3 Å². The average Bonchev–Trinajstić information content (AvgIpc) is 2.47. The standard InChI is InChI=1S/C17H26O3/c1-4-13-6-5-7-15(10-13)20-17-11-14(19-3)8-9-16(17)12(2)18/h8-9,11-13,15,18H,4-7,10H2,1-3H3/t12-,13?,15?/m1/s1. The highest BCUT2D eigenvalue weighted by atomic mass is 16.5. The van der Waals surface area contributed by atoms with Crippen LogP contribution in [0.5, 0.6) is 11.5 Å². The lowest BCUT2D eigenvalue weighted by atomic mass is 9.85. The summed E-state index contributed by atoms with van der Waals surface area (Å²) in [6, 6.07) is 5.64. The van der Waals surface area contributed by atoms with Crippen molar-refractivity contribution < 1.29 is 14.6 Å². The molecule has 1 aromatic carbocycles. The van der Waals surface area contributed by atoms with Crippen molar-refractivity contribution in [2.75, 3.05) is 7.11 Å². The van der Waals surface area contributed by atoms with E-state index >= 15 is 0 Å². The normalized spacial score (nSPS) is 24.2. The molecule has 0 spiro atoms. The van der Waals surface area contributed by atoms with Crippen LogP contribution in [0.15, 0.2) is 18.2 Å². The number of benzene rings is 1. The van der Waals surface area contributed by atoms with Gasteiger partial charge in [-0.15, -0.1) is 0 Å². The Labute approximate surface area is 121 Å². The SMILES string of the molecule is CCC1CCCC(Oc2cc(OC)ccc2[C@@H](C)O)C1. The van der Waals surface area contributed by atoms with E-state index in [2.05, 4.69) is 6.92 Å². The average molecular weight is 278 g/mol. The largest absolute Gasteiger partial charge is 0.497 e. The molecule has 1 aliphatic carbocycles. The van der Waals surface area contributed by atoms with E-state index in [-0.39, 0.29) is 6.10 Å². The summed E-state index contributed by atoms with van der Waals surface area (Å²) in [6.07, 6.45) is 5.73. The highest BCUT2D eigenvalue weighted by molar-refractivity contribution is 5.42. The van der Waals surface area contributed by atoms with Crippen LogP contribution < -0.4 is 9.47 Å². The van der Waals surface area contributed by atoms with E-state index in [1.54, 1.807) is 14.0 Å². The fourth-order valence-corrected chi connectivity index (χ4v) is 2.99. The maximum atomic E-state index is 9.87. The van der Waals surface area contributed by atoms with Gasteiger partial charge in [-0.05, 0) is 44.2 Å².